The molecule has 0 unspecified atom stereocenters. The molecule has 0 atom stereocenters. The van der Waals surface area contributed by atoms with E-state index in [9.17, 15) is 0 Å². The van der Waals surface area contributed by atoms with E-state index in [2.05, 4.69) is 267 Å². The van der Waals surface area contributed by atoms with E-state index < -0.39 is 0 Å². The third kappa shape index (κ3) is 6.46. The summed E-state index contributed by atoms with van der Waals surface area (Å²) in [5.41, 5.74) is 25.6. The molecule has 2 aliphatic heterocycles. The molecule has 3 aromatic heterocycles. The van der Waals surface area contributed by atoms with Gasteiger partial charge in [0.1, 0.15) is 0 Å². The first-order valence-corrected chi connectivity index (χ1v) is 26.9. The van der Waals surface area contributed by atoms with E-state index in [0.29, 0.717) is 0 Å². The summed E-state index contributed by atoms with van der Waals surface area (Å²) in [5, 5.41) is 7.82. The molecule has 0 saturated heterocycles. The molecule has 0 bridgehead atoms. The molecule has 0 spiro atoms. The van der Waals surface area contributed by atoms with Gasteiger partial charge in [0.25, 0.3) is 6.71 Å². The van der Waals surface area contributed by atoms with Gasteiger partial charge in [0.15, 0.2) is 0 Å². The minimum Gasteiger partial charge on any atom is -0.310 e. The van der Waals surface area contributed by atoms with Crippen LogP contribution in [0.25, 0.3) is 105 Å². The van der Waals surface area contributed by atoms with Crippen molar-refractivity contribution in [3.8, 4) is 39.3 Å². The largest absolute Gasteiger partial charge is 0.310 e. The maximum absolute atomic E-state index is 2.67. The summed E-state index contributed by atoms with van der Waals surface area (Å²) in [4.78, 5) is 0. The maximum atomic E-state index is 2.67. The second kappa shape index (κ2) is 15.0. The van der Waals surface area contributed by atoms with Crippen LogP contribution in [0.5, 0.6) is 0 Å². The molecule has 14 rings (SSSR count). The van der Waals surface area contributed by atoms with Gasteiger partial charge in [-0.05, 0) is 155 Å². The molecule has 0 aliphatic carbocycles. The number of nitrogens with zero attached hydrogens (tertiary/aromatic N) is 3. The molecule has 5 heterocycles. The van der Waals surface area contributed by atoms with Crippen molar-refractivity contribution >= 4 is 88.5 Å². The molecule has 0 amide bonds. The summed E-state index contributed by atoms with van der Waals surface area (Å²) >= 11 is 0. The number of hydrogen-bond acceptors (Lipinski definition) is 0. The van der Waals surface area contributed by atoms with E-state index in [4.69, 9.17) is 0 Å². The molecule has 0 radical (unpaired) electrons. The van der Waals surface area contributed by atoms with Crippen LogP contribution in [-0.2, 0) is 21.7 Å². The van der Waals surface area contributed by atoms with Crippen LogP contribution in [0.15, 0.2) is 170 Å². The average Bonchev–Trinajstić information content (AvgIpc) is 4.13. The predicted octanol–water partition coefficient (Wildman–Crippen LogP) is 16.6. The Kier molecular flexibility index (Phi) is 9.16. The predicted molar refractivity (Wildman–Crippen MR) is 320 cm³/mol. The molecule has 0 fully saturated rings. The lowest BCUT2D eigenvalue weighted by atomic mass is 9.34. The van der Waals surface area contributed by atoms with Crippen molar-refractivity contribution < 1.29 is 0 Å². The Labute approximate surface area is 436 Å². The van der Waals surface area contributed by atoms with E-state index in [0.717, 1.165) is 5.69 Å². The molecule has 4 heteroatoms. The lowest BCUT2D eigenvalue weighted by Gasteiger charge is -2.36. The van der Waals surface area contributed by atoms with Crippen LogP contribution in [0.2, 0.25) is 0 Å². The molecule has 0 saturated carbocycles. The second-order valence-corrected chi connectivity index (χ2v) is 25.9. The van der Waals surface area contributed by atoms with E-state index in [-0.39, 0.29) is 28.4 Å². The molecule has 3 nitrogen and oxygen atoms in total. The van der Waals surface area contributed by atoms with Crippen LogP contribution in [0.1, 0.15) is 105 Å². The van der Waals surface area contributed by atoms with Crippen LogP contribution >= 0.6 is 0 Å². The van der Waals surface area contributed by atoms with Crippen molar-refractivity contribution in [1.29, 1.82) is 0 Å². The fourth-order valence-corrected chi connectivity index (χ4v) is 12.9. The summed E-state index contributed by atoms with van der Waals surface area (Å²) in [7, 11) is 0. The molecular weight excluding hydrogens is 894 g/mol. The molecule has 362 valence electrons. The van der Waals surface area contributed by atoms with E-state index in [1.54, 1.807) is 0 Å². The van der Waals surface area contributed by atoms with Crippen molar-refractivity contribution in [3.05, 3.63) is 192 Å². The summed E-state index contributed by atoms with van der Waals surface area (Å²) in [6.07, 6.45) is 0. The number of hydrogen-bond donors (Lipinski definition) is 0. The van der Waals surface area contributed by atoms with Gasteiger partial charge in [-0.25, -0.2) is 0 Å². The first-order valence-electron chi connectivity index (χ1n) is 26.9. The third-order valence-corrected chi connectivity index (χ3v) is 17.0. The van der Waals surface area contributed by atoms with Gasteiger partial charge in [-0.3, -0.25) is 0 Å². The SMILES string of the molecule is CC(C)(C)c1ccc2c(c1)c1cc(C(C)(C)C)cc3c1n2-c1cc(-n2c4ccc(-c5ccccc5)cc4c4cc(-c5ccccc5)ccc42)cc2c1B3c1cc(C(C)(C)C)cc3c4cc(C(C)(C)C)ccc4n-2c13. The van der Waals surface area contributed by atoms with Gasteiger partial charge in [0.05, 0.1) is 27.8 Å². The van der Waals surface area contributed by atoms with Gasteiger partial charge in [0.2, 0.25) is 0 Å². The number of rotatable bonds is 3. The fourth-order valence-electron chi connectivity index (χ4n) is 12.9. The van der Waals surface area contributed by atoms with Crippen LogP contribution in [0.3, 0.4) is 0 Å². The smallest absolute Gasteiger partial charge is 0.252 e. The summed E-state index contributed by atoms with van der Waals surface area (Å²) in [6, 6.07) is 66.0. The second-order valence-electron chi connectivity index (χ2n) is 25.9. The molecule has 74 heavy (non-hydrogen) atoms. The average molecular weight is 958 g/mol. The summed E-state index contributed by atoms with van der Waals surface area (Å²) in [6.45, 7) is 28.4. The zero-order valence-electron chi connectivity index (χ0n) is 45.1. The Hall–Kier alpha value is -7.56. The third-order valence-electron chi connectivity index (χ3n) is 17.0. The van der Waals surface area contributed by atoms with Crippen molar-refractivity contribution in [1.82, 2.24) is 13.7 Å². The lowest BCUT2D eigenvalue weighted by Crippen LogP contribution is -2.59. The highest BCUT2D eigenvalue weighted by Gasteiger charge is 2.43. The maximum Gasteiger partial charge on any atom is 0.252 e. The molecule has 9 aromatic carbocycles. The van der Waals surface area contributed by atoms with E-state index >= 15 is 0 Å². The minimum absolute atomic E-state index is 0.00135. The standard InChI is InChI=1S/C70H64BN3/c1-67(2,3)45-25-29-60-52(33-45)54-35-47(69(7,8)9)37-56-65(54)73(60)62-39-49(72-58-27-23-43(41-19-15-13-16-20-41)31-50(58)51-32-44(24-28-59(51)72)42-21-17-14-18-22-42)40-63-64(62)71(56)57-38-48(70(10,11)12)36-55-53-34-46(68(4,5)6)26-30-61(53)74(63)66(55)57/h13-40H,1-12H3. The van der Waals surface area contributed by atoms with E-state index in [1.807, 2.05) is 0 Å². The van der Waals surface area contributed by atoms with Gasteiger partial charge in [0, 0.05) is 54.7 Å². The first kappa shape index (κ1) is 45.1. The van der Waals surface area contributed by atoms with Crippen LogP contribution in [-0.4, -0.2) is 20.4 Å². The Morgan fingerprint density at radius 2 is 0.649 bits per heavy atom. The van der Waals surface area contributed by atoms with E-state index in [1.165, 1.54) is 138 Å². The first-order chi connectivity index (χ1) is 35.2. The highest BCUT2D eigenvalue weighted by Crippen LogP contribution is 2.45. The van der Waals surface area contributed by atoms with Gasteiger partial charge in [-0.2, -0.15) is 0 Å². The van der Waals surface area contributed by atoms with Crippen molar-refractivity contribution in [2.45, 2.75) is 105 Å². The van der Waals surface area contributed by atoms with Crippen molar-refractivity contribution in [2.24, 2.45) is 0 Å². The van der Waals surface area contributed by atoms with Gasteiger partial charge in [-0.1, -0.05) is 180 Å². The lowest BCUT2D eigenvalue weighted by molar-refractivity contribution is 0.590. The Morgan fingerprint density at radius 3 is 1.04 bits per heavy atom. The van der Waals surface area contributed by atoms with Crippen LogP contribution < -0.4 is 16.4 Å². The minimum atomic E-state index is -0.0689. The highest BCUT2D eigenvalue weighted by atomic mass is 15.1. The zero-order valence-corrected chi connectivity index (χ0v) is 45.1. The molecule has 2 aliphatic rings. The Balaban J connectivity index is 1.17. The van der Waals surface area contributed by atoms with Crippen LogP contribution in [0.4, 0.5) is 0 Å². The molecule has 12 aromatic rings. The highest BCUT2D eigenvalue weighted by molar-refractivity contribution is 7.00. The Bertz CT molecular complexity index is 4100. The Morgan fingerprint density at radius 1 is 0.297 bits per heavy atom. The van der Waals surface area contributed by atoms with Gasteiger partial charge < -0.3 is 13.7 Å². The van der Waals surface area contributed by atoms with Crippen molar-refractivity contribution in [3.63, 3.8) is 0 Å². The number of aromatic nitrogens is 3. The normalized spacial score (nSPS) is 13.6. The monoisotopic (exact) mass is 958 g/mol. The number of benzene rings is 9. The number of fused-ring (bicyclic) bond motifs is 13. The van der Waals surface area contributed by atoms with Crippen molar-refractivity contribution in [2.75, 3.05) is 0 Å². The fraction of sp³-hybridized carbons (Fsp3) is 0.229. The summed E-state index contributed by atoms with van der Waals surface area (Å²) < 4.78 is 7.91. The molecule has 0 N–H and O–H groups in total. The topological polar surface area (TPSA) is 14.8 Å². The molecular formula is C70H64BN3. The van der Waals surface area contributed by atoms with Gasteiger partial charge in [-0.15, -0.1) is 0 Å². The van der Waals surface area contributed by atoms with Gasteiger partial charge >= 0.3 is 0 Å². The summed E-state index contributed by atoms with van der Waals surface area (Å²) in [5.74, 6) is 0. The quantitative estimate of drug-likeness (QED) is 0.157. The zero-order chi connectivity index (χ0) is 51.1. The van der Waals surface area contributed by atoms with Crippen LogP contribution in [0, 0.1) is 0 Å².